The minimum atomic E-state index is -0.829. The van der Waals surface area contributed by atoms with Gasteiger partial charge < -0.3 is 15.3 Å². The van der Waals surface area contributed by atoms with Crippen molar-refractivity contribution in [2.24, 2.45) is 5.41 Å². The fraction of sp³-hybridized carbons (Fsp3) is 1.00. The number of hydrogen-bond donors (Lipinski definition) is 3. The first-order chi connectivity index (χ1) is 5.98. The maximum Gasteiger partial charge on any atom is 0.0751 e. The van der Waals surface area contributed by atoms with Crippen LogP contribution in [0.25, 0.3) is 0 Å². The van der Waals surface area contributed by atoms with Gasteiger partial charge in [0, 0.05) is 11.8 Å². The molecule has 2 rings (SSSR count). The summed E-state index contributed by atoms with van der Waals surface area (Å²) in [6.07, 6.45) is 2.37. The lowest BCUT2D eigenvalue weighted by atomic mass is 9.64. The van der Waals surface area contributed by atoms with E-state index >= 15 is 0 Å². The van der Waals surface area contributed by atoms with Crippen LogP contribution in [0.1, 0.15) is 39.0 Å². The Labute approximate surface area is 78.4 Å². The van der Waals surface area contributed by atoms with Gasteiger partial charge in [-0.3, -0.25) is 0 Å². The van der Waals surface area contributed by atoms with E-state index in [0.29, 0.717) is 25.7 Å². The molecule has 2 aliphatic rings. The quantitative estimate of drug-likeness (QED) is 0.514. The molecular formula is C10H18O3. The van der Waals surface area contributed by atoms with E-state index in [9.17, 15) is 15.3 Å². The first-order valence-corrected chi connectivity index (χ1v) is 5.06. The summed E-state index contributed by atoms with van der Waals surface area (Å²) in [7, 11) is 0. The molecule has 76 valence electrons. The van der Waals surface area contributed by atoms with Gasteiger partial charge in [-0.15, -0.1) is 0 Å². The van der Waals surface area contributed by atoms with Gasteiger partial charge in [-0.05, 0) is 25.7 Å². The Balaban J connectivity index is 2.27. The molecule has 3 heteroatoms. The summed E-state index contributed by atoms with van der Waals surface area (Å²) < 4.78 is 0. The van der Waals surface area contributed by atoms with Crippen molar-refractivity contribution >= 4 is 0 Å². The molecule has 2 aliphatic carbocycles. The van der Waals surface area contributed by atoms with Gasteiger partial charge in [0.1, 0.15) is 0 Å². The van der Waals surface area contributed by atoms with Gasteiger partial charge in [-0.1, -0.05) is 6.92 Å². The maximum atomic E-state index is 10.3. The molecule has 0 saturated heterocycles. The topological polar surface area (TPSA) is 60.7 Å². The van der Waals surface area contributed by atoms with Crippen molar-refractivity contribution in [2.45, 2.75) is 56.8 Å². The Morgan fingerprint density at radius 2 is 1.85 bits per heavy atom. The zero-order valence-corrected chi connectivity index (χ0v) is 8.03. The van der Waals surface area contributed by atoms with Gasteiger partial charge in [-0.25, -0.2) is 0 Å². The lowest BCUT2D eigenvalue weighted by Gasteiger charge is -2.46. The molecule has 3 nitrogen and oxygen atoms in total. The van der Waals surface area contributed by atoms with E-state index in [4.69, 9.17) is 0 Å². The summed E-state index contributed by atoms with van der Waals surface area (Å²) in [5, 5.41) is 29.6. The molecule has 0 amide bonds. The standard InChI is InChI=1S/C10H18O3/c1-9-4-2-7(11)6-10(9,13)5-3-8(9)12/h7-8,11-13H,2-6H2,1H3. The minimum absolute atomic E-state index is 0.383. The monoisotopic (exact) mass is 186 g/mol. The minimum Gasteiger partial charge on any atom is -0.393 e. The normalized spacial score (nSPS) is 56.3. The Bertz CT molecular complexity index is 218. The van der Waals surface area contributed by atoms with Crippen molar-refractivity contribution in [1.29, 1.82) is 0 Å². The number of fused-ring (bicyclic) bond motifs is 1. The van der Waals surface area contributed by atoms with Crippen LogP contribution in [-0.2, 0) is 0 Å². The second-order valence-electron chi connectivity index (χ2n) is 4.90. The molecule has 13 heavy (non-hydrogen) atoms. The summed E-state index contributed by atoms with van der Waals surface area (Å²) in [6, 6.07) is 0. The van der Waals surface area contributed by atoms with Crippen molar-refractivity contribution in [2.75, 3.05) is 0 Å². The SMILES string of the molecule is CC12CCC(O)CC1(O)CCC2O. The summed E-state index contributed by atoms with van der Waals surface area (Å²) >= 11 is 0. The van der Waals surface area contributed by atoms with E-state index in [-0.39, 0.29) is 11.5 Å². The molecule has 4 atom stereocenters. The number of aliphatic hydroxyl groups excluding tert-OH is 2. The third-order valence-electron chi connectivity index (χ3n) is 4.20. The second kappa shape index (κ2) is 2.69. The molecule has 0 heterocycles. The molecule has 0 aliphatic heterocycles. The fourth-order valence-corrected chi connectivity index (χ4v) is 2.98. The third kappa shape index (κ3) is 1.14. The zero-order valence-electron chi connectivity index (χ0n) is 8.03. The zero-order chi connectivity index (χ0) is 9.69. The Morgan fingerprint density at radius 1 is 1.15 bits per heavy atom. The van der Waals surface area contributed by atoms with Crippen LogP contribution in [0.2, 0.25) is 0 Å². The Kier molecular flexibility index (Phi) is 1.95. The molecule has 2 fully saturated rings. The number of rotatable bonds is 0. The average molecular weight is 186 g/mol. The van der Waals surface area contributed by atoms with Crippen LogP contribution in [0.3, 0.4) is 0 Å². The lowest BCUT2D eigenvalue weighted by molar-refractivity contribution is -0.144. The van der Waals surface area contributed by atoms with E-state index in [1.54, 1.807) is 0 Å². The molecule has 2 saturated carbocycles. The smallest absolute Gasteiger partial charge is 0.0751 e. The van der Waals surface area contributed by atoms with Crippen LogP contribution < -0.4 is 0 Å². The van der Waals surface area contributed by atoms with Crippen LogP contribution in [0.5, 0.6) is 0 Å². The first kappa shape index (κ1) is 9.44. The lowest BCUT2D eigenvalue weighted by Crippen LogP contribution is -2.52. The molecule has 0 aromatic rings. The molecule has 0 bridgehead atoms. The molecule has 0 aromatic heterocycles. The van der Waals surface area contributed by atoms with Crippen molar-refractivity contribution < 1.29 is 15.3 Å². The molecule has 4 unspecified atom stereocenters. The van der Waals surface area contributed by atoms with Crippen molar-refractivity contribution in [3.8, 4) is 0 Å². The van der Waals surface area contributed by atoms with Crippen LogP contribution in [0.15, 0.2) is 0 Å². The van der Waals surface area contributed by atoms with Crippen LogP contribution >= 0.6 is 0 Å². The Morgan fingerprint density at radius 3 is 2.54 bits per heavy atom. The van der Waals surface area contributed by atoms with Gasteiger partial charge in [0.15, 0.2) is 0 Å². The molecule has 0 radical (unpaired) electrons. The van der Waals surface area contributed by atoms with Gasteiger partial charge in [0.25, 0.3) is 0 Å². The van der Waals surface area contributed by atoms with Crippen molar-refractivity contribution in [1.82, 2.24) is 0 Å². The highest BCUT2D eigenvalue weighted by Gasteiger charge is 2.58. The fourth-order valence-electron chi connectivity index (χ4n) is 2.98. The number of aliphatic hydroxyl groups is 3. The highest BCUT2D eigenvalue weighted by molar-refractivity contribution is 5.09. The third-order valence-corrected chi connectivity index (χ3v) is 4.20. The van der Waals surface area contributed by atoms with Gasteiger partial charge >= 0.3 is 0 Å². The van der Waals surface area contributed by atoms with E-state index in [1.165, 1.54) is 0 Å². The van der Waals surface area contributed by atoms with Crippen molar-refractivity contribution in [3.05, 3.63) is 0 Å². The van der Waals surface area contributed by atoms with Crippen LogP contribution in [0, 0.1) is 5.41 Å². The summed E-state index contributed by atoms with van der Waals surface area (Å²) in [4.78, 5) is 0. The molecule has 3 N–H and O–H groups in total. The Hall–Kier alpha value is -0.120. The summed E-state index contributed by atoms with van der Waals surface area (Å²) in [5.74, 6) is 0. The maximum absolute atomic E-state index is 10.3. The average Bonchev–Trinajstić information content (AvgIpc) is 2.28. The highest BCUT2D eigenvalue weighted by Crippen LogP contribution is 2.54. The first-order valence-electron chi connectivity index (χ1n) is 5.06. The molecule has 0 aromatic carbocycles. The van der Waals surface area contributed by atoms with E-state index in [2.05, 4.69) is 0 Å². The van der Waals surface area contributed by atoms with E-state index < -0.39 is 11.7 Å². The van der Waals surface area contributed by atoms with Crippen LogP contribution in [-0.4, -0.2) is 33.1 Å². The predicted molar refractivity (Wildman–Crippen MR) is 48.2 cm³/mol. The van der Waals surface area contributed by atoms with Gasteiger partial charge in [0.05, 0.1) is 17.8 Å². The molecular weight excluding hydrogens is 168 g/mol. The second-order valence-corrected chi connectivity index (χ2v) is 4.90. The molecule has 0 spiro atoms. The largest absolute Gasteiger partial charge is 0.393 e. The van der Waals surface area contributed by atoms with Crippen LogP contribution in [0.4, 0.5) is 0 Å². The predicted octanol–water partition coefficient (Wildman–Crippen LogP) is 0.423. The van der Waals surface area contributed by atoms with E-state index in [0.717, 1.165) is 6.42 Å². The summed E-state index contributed by atoms with van der Waals surface area (Å²) in [5.41, 5.74) is -1.21. The number of hydrogen-bond acceptors (Lipinski definition) is 3. The van der Waals surface area contributed by atoms with E-state index in [1.807, 2.05) is 6.92 Å². The van der Waals surface area contributed by atoms with Crippen molar-refractivity contribution in [3.63, 3.8) is 0 Å². The van der Waals surface area contributed by atoms with Gasteiger partial charge in [0.2, 0.25) is 0 Å². The van der Waals surface area contributed by atoms with Gasteiger partial charge in [-0.2, -0.15) is 0 Å². The summed E-state index contributed by atoms with van der Waals surface area (Å²) in [6.45, 7) is 1.94. The highest BCUT2D eigenvalue weighted by atomic mass is 16.3.